The highest BCUT2D eigenvalue weighted by molar-refractivity contribution is 9.10. The van der Waals surface area contributed by atoms with Gasteiger partial charge in [0.2, 0.25) is 0 Å². The molecule has 2 aliphatic heterocycles. The lowest BCUT2D eigenvalue weighted by Gasteiger charge is -2.29. The Morgan fingerprint density at radius 1 is 0.971 bits per heavy atom. The van der Waals surface area contributed by atoms with Crippen molar-refractivity contribution in [3.05, 3.63) is 111 Å². The van der Waals surface area contributed by atoms with Crippen molar-refractivity contribution in [1.29, 1.82) is 0 Å². The number of benzene rings is 3. The highest BCUT2D eigenvalue weighted by Gasteiger charge is 2.44. The van der Waals surface area contributed by atoms with Gasteiger partial charge >= 0.3 is 6.18 Å². The molecule has 4 nitrogen and oxygen atoms in total. The molecule has 1 N–H and O–H groups in total. The average molecular weight is 526 g/mol. The molecule has 5 rings (SSSR count). The molecule has 1 atom stereocenters. The van der Waals surface area contributed by atoms with E-state index in [1.165, 1.54) is 17.0 Å². The second-order valence-electron chi connectivity index (χ2n) is 7.99. The molecule has 3 aromatic carbocycles. The summed E-state index contributed by atoms with van der Waals surface area (Å²) in [5, 5.41) is 3.19. The van der Waals surface area contributed by atoms with E-state index in [2.05, 4.69) is 21.2 Å². The summed E-state index contributed by atoms with van der Waals surface area (Å²) in [4.78, 5) is 19.9. The number of anilines is 1. The number of carbonyl (C=O) groups excluding carboxylic acids is 1. The van der Waals surface area contributed by atoms with Crippen molar-refractivity contribution < 1.29 is 18.0 Å². The van der Waals surface area contributed by atoms with Crippen molar-refractivity contribution in [1.82, 2.24) is 5.32 Å². The monoisotopic (exact) mass is 525 g/mol. The van der Waals surface area contributed by atoms with Crippen LogP contribution in [-0.4, -0.2) is 24.7 Å². The fourth-order valence-electron chi connectivity index (χ4n) is 4.37. The van der Waals surface area contributed by atoms with Crippen LogP contribution in [0.1, 0.15) is 22.7 Å². The lowest BCUT2D eigenvalue weighted by Crippen LogP contribution is -2.34. The van der Waals surface area contributed by atoms with Crippen molar-refractivity contribution >= 4 is 33.2 Å². The summed E-state index contributed by atoms with van der Waals surface area (Å²) in [6, 6.07) is 21.2. The van der Waals surface area contributed by atoms with Crippen molar-refractivity contribution in [2.24, 2.45) is 4.99 Å². The topological polar surface area (TPSA) is 44.7 Å². The predicted octanol–water partition coefficient (Wildman–Crippen LogP) is 5.90. The average Bonchev–Trinajstić information content (AvgIpc) is 2.97. The fraction of sp³-hybridized carbons (Fsp3) is 0.154. The van der Waals surface area contributed by atoms with Crippen LogP contribution in [-0.2, 0) is 11.0 Å². The van der Waals surface area contributed by atoms with Gasteiger partial charge in [-0.15, -0.1) is 0 Å². The first-order valence-corrected chi connectivity index (χ1v) is 11.5. The van der Waals surface area contributed by atoms with Gasteiger partial charge in [-0.3, -0.25) is 14.7 Å². The maximum Gasteiger partial charge on any atom is 0.416 e. The summed E-state index contributed by atoms with van der Waals surface area (Å²) >= 11 is 3.43. The van der Waals surface area contributed by atoms with E-state index in [-0.39, 0.29) is 11.6 Å². The van der Waals surface area contributed by atoms with Crippen LogP contribution in [0.2, 0.25) is 0 Å². The van der Waals surface area contributed by atoms with E-state index >= 15 is 0 Å². The van der Waals surface area contributed by atoms with Crippen LogP contribution in [0.5, 0.6) is 0 Å². The van der Waals surface area contributed by atoms with E-state index in [9.17, 15) is 18.0 Å². The Balaban J connectivity index is 1.72. The highest BCUT2D eigenvalue weighted by atomic mass is 79.9. The maximum absolute atomic E-state index is 13.7. The number of alkyl halides is 3. The van der Waals surface area contributed by atoms with Crippen molar-refractivity contribution in [3.63, 3.8) is 0 Å². The summed E-state index contributed by atoms with van der Waals surface area (Å²) in [6.07, 6.45) is -4.52. The molecular formula is C26H19BrF3N3O. The minimum Gasteiger partial charge on any atom is -0.378 e. The minimum atomic E-state index is -4.52. The Bertz CT molecular complexity index is 1300. The SMILES string of the molecule is O=C1C2=C(C(c3ccccc3)=NCCN2)C(c2ccc(Br)cc2)N1c1cccc(C(F)(F)F)c1. The Morgan fingerprint density at radius 3 is 2.41 bits per heavy atom. The molecule has 0 bridgehead atoms. The Labute approximate surface area is 202 Å². The van der Waals surface area contributed by atoms with E-state index in [1.54, 1.807) is 0 Å². The van der Waals surface area contributed by atoms with Gasteiger partial charge in [0.15, 0.2) is 0 Å². The first kappa shape index (κ1) is 22.4. The van der Waals surface area contributed by atoms with Gasteiger partial charge in [0.05, 0.1) is 23.9 Å². The molecule has 0 aliphatic carbocycles. The van der Waals surface area contributed by atoms with Crippen LogP contribution in [0.25, 0.3) is 0 Å². The van der Waals surface area contributed by atoms with Gasteiger partial charge in [0, 0.05) is 27.8 Å². The second-order valence-corrected chi connectivity index (χ2v) is 8.90. The first-order chi connectivity index (χ1) is 16.3. The first-order valence-electron chi connectivity index (χ1n) is 10.7. The molecule has 2 heterocycles. The number of hydrogen-bond acceptors (Lipinski definition) is 3. The molecule has 34 heavy (non-hydrogen) atoms. The van der Waals surface area contributed by atoms with E-state index < -0.39 is 17.8 Å². The number of rotatable bonds is 3. The van der Waals surface area contributed by atoms with Gasteiger partial charge < -0.3 is 5.32 Å². The van der Waals surface area contributed by atoms with Gasteiger partial charge in [-0.25, -0.2) is 0 Å². The van der Waals surface area contributed by atoms with E-state index in [0.29, 0.717) is 30.1 Å². The molecule has 0 spiro atoms. The second kappa shape index (κ2) is 8.76. The van der Waals surface area contributed by atoms with Gasteiger partial charge in [-0.1, -0.05) is 64.5 Å². The molecule has 2 aliphatic rings. The van der Waals surface area contributed by atoms with E-state index in [1.807, 2.05) is 54.6 Å². The highest BCUT2D eigenvalue weighted by Crippen LogP contribution is 2.44. The van der Waals surface area contributed by atoms with Crippen LogP contribution in [0.3, 0.4) is 0 Å². The quantitative estimate of drug-likeness (QED) is 0.462. The number of halogens is 4. The number of amides is 1. The molecular weight excluding hydrogens is 507 g/mol. The van der Waals surface area contributed by atoms with Gasteiger partial charge in [-0.2, -0.15) is 13.2 Å². The smallest absolute Gasteiger partial charge is 0.378 e. The molecule has 0 radical (unpaired) electrons. The number of nitrogens with one attached hydrogen (secondary N) is 1. The lowest BCUT2D eigenvalue weighted by molar-refractivity contribution is -0.137. The third-order valence-corrected chi connectivity index (χ3v) is 6.39. The Kier molecular flexibility index (Phi) is 5.77. The number of carbonyl (C=O) groups is 1. The van der Waals surface area contributed by atoms with Gasteiger partial charge in [-0.05, 0) is 35.9 Å². The summed E-state index contributed by atoms with van der Waals surface area (Å²) in [5.74, 6) is -0.382. The zero-order valence-corrected chi connectivity index (χ0v) is 19.4. The Morgan fingerprint density at radius 2 is 1.71 bits per heavy atom. The third kappa shape index (κ3) is 4.03. The number of aliphatic imine (C=N–C) groups is 1. The molecule has 0 saturated carbocycles. The molecule has 0 saturated heterocycles. The molecule has 172 valence electrons. The fourth-order valence-corrected chi connectivity index (χ4v) is 4.64. The maximum atomic E-state index is 13.7. The molecule has 1 amide bonds. The van der Waals surface area contributed by atoms with E-state index in [4.69, 9.17) is 4.99 Å². The van der Waals surface area contributed by atoms with Crippen LogP contribution in [0.15, 0.2) is 99.6 Å². The molecule has 0 aromatic heterocycles. The molecule has 0 fully saturated rings. The van der Waals surface area contributed by atoms with E-state index in [0.717, 1.165) is 27.7 Å². The van der Waals surface area contributed by atoms with Crippen LogP contribution in [0.4, 0.5) is 18.9 Å². The summed E-state index contributed by atoms with van der Waals surface area (Å²) in [7, 11) is 0. The molecule has 8 heteroatoms. The van der Waals surface area contributed by atoms with Gasteiger partial charge in [0.25, 0.3) is 5.91 Å². The number of nitrogens with zero attached hydrogens (tertiary/aromatic N) is 2. The van der Waals surface area contributed by atoms with Crippen LogP contribution < -0.4 is 10.2 Å². The zero-order valence-electron chi connectivity index (χ0n) is 17.8. The summed E-state index contributed by atoms with van der Waals surface area (Å²) < 4.78 is 41.4. The van der Waals surface area contributed by atoms with Crippen LogP contribution in [0, 0.1) is 0 Å². The zero-order chi connectivity index (χ0) is 23.9. The van der Waals surface area contributed by atoms with Crippen molar-refractivity contribution in [2.75, 3.05) is 18.0 Å². The van der Waals surface area contributed by atoms with Crippen molar-refractivity contribution in [3.8, 4) is 0 Å². The summed E-state index contributed by atoms with van der Waals surface area (Å²) in [6.45, 7) is 0.922. The lowest BCUT2D eigenvalue weighted by atomic mass is 9.91. The largest absolute Gasteiger partial charge is 0.416 e. The third-order valence-electron chi connectivity index (χ3n) is 5.86. The standard InChI is InChI=1S/C26H19BrF3N3O/c27-19-11-9-17(10-12-19)24-21-22(16-5-2-1-3-6-16)31-13-14-32-23(21)25(34)33(24)20-8-4-7-18(15-20)26(28,29)30/h1-12,15,24,32H,13-14H2. The normalized spacial score (nSPS) is 18.4. The predicted molar refractivity (Wildman–Crippen MR) is 129 cm³/mol. The van der Waals surface area contributed by atoms with Crippen molar-refractivity contribution in [2.45, 2.75) is 12.2 Å². The summed E-state index contributed by atoms with van der Waals surface area (Å²) in [5.41, 5.74) is 2.68. The Hall–Kier alpha value is -3.39. The van der Waals surface area contributed by atoms with Crippen LogP contribution >= 0.6 is 15.9 Å². The molecule has 3 aromatic rings. The van der Waals surface area contributed by atoms with Gasteiger partial charge in [0.1, 0.15) is 5.70 Å². The molecule has 1 unspecified atom stereocenters. The number of hydrogen-bond donors (Lipinski definition) is 1. The minimum absolute atomic E-state index is 0.176.